The Hall–Kier alpha value is -0.0600. The number of ether oxygens (including phenoxy) is 1. The summed E-state index contributed by atoms with van der Waals surface area (Å²) >= 11 is 7.19. The molecule has 0 amide bonds. The van der Waals surface area contributed by atoms with E-state index in [0.717, 1.165) is 23.2 Å². The van der Waals surface area contributed by atoms with Crippen LogP contribution in [0.5, 0.6) is 5.75 Å². The number of hydrogen-bond donors (Lipinski definition) is 0. The predicted molar refractivity (Wildman–Crippen MR) is 68.4 cm³/mol. The lowest BCUT2D eigenvalue weighted by Crippen LogP contribution is -2.26. The topological polar surface area (TPSA) is 12.5 Å². The summed E-state index contributed by atoms with van der Waals surface area (Å²) in [6.45, 7) is 3.23. The highest BCUT2D eigenvalue weighted by Gasteiger charge is 2.24. The molecule has 0 bridgehead atoms. The van der Waals surface area contributed by atoms with E-state index in [-0.39, 0.29) is 0 Å². The van der Waals surface area contributed by atoms with Crippen LogP contribution in [0.4, 0.5) is 0 Å². The lowest BCUT2D eigenvalue weighted by Gasteiger charge is -2.31. The first-order valence-electron chi connectivity index (χ1n) is 4.93. The summed E-state index contributed by atoms with van der Waals surface area (Å²) < 4.78 is 8.60. The molecule has 1 aromatic rings. The molecule has 1 atom stereocenters. The minimum absolute atomic E-state index is 0.413. The van der Waals surface area contributed by atoms with Crippen molar-refractivity contribution in [2.45, 2.75) is 19.4 Å². The molecule has 0 aromatic heterocycles. The minimum Gasteiger partial charge on any atom is -0.496 e. The van der Waals surface area contributed by atoms with Crippen LogP contribution in [0.3, 0.4) is 0 Å². The van der Waals surface area contributed by atoms with Crippen LogP contribution in [0.15, 0.2) is 16.6 Å². The van der Waals surface area contributed by atoms with Gasteiger partial charge in [-0.3, -0.25) is 0 Å². The summed E-state index contributed by atoms with van der Waals surface area (Å²) in [6.07, 6.45) is 1.04. The number of fused-ring (bicyclic) bond motifs is 1. The molecule has 0 saturated heterocycles. The summed E-state index contributed by atoms with van der Waals surface area (Å²) in [5, 5.41) is 0. The van der Waals surface area contributed by atoms with Crippen molar-refractivity contribution in [3.63, 3.8) is 0 Å². The Labute approximate surface area is 107 Å². The zero-order chi connectivity index (χ0) is 11.0. The number of rotatable bonds is 1. The van der Waals surface area contributed by atoms with Gasteiger partial charge in [0.15, 0.2) is 0 Å². The standard InChI is InChI=1S/C11H13Br2NO/c1-7-8-3-4-10(15-2)11(12)9(8)5-6-14(7)13/h3-4,7H,5-6H2,1-2H3/t7-/m1/s1. The van der Waals surface area contributed by atoms with Crippen LogP contribution in [0.2, 0.25) is 0 Å². The van der Waals surface area contributed by atoms with Crippen molar-refractivity contribution >= 4 is 32.1 Å². The summed E-state index contributed by atoms with van der Waals surface area (Å²) in [6, 6.07) is 4.58. The molecule has 4 heteroatoms. The van der Waals surface area contributed by atoms with E-state index in [4.69, 9.17) is 4.74 Å². The van der Waals surface area contributed by atoms with E-state index in [9.17, 15) is 0 Å². The highest BCUT2D eigenvalue weighted by Crippen LogP contribution is 2.39. The lowest BCUT2D eigenvalue weighted by atomic mass is 9.95. The quantitative estimate of drug-likeness (QED) is 0.726. The third kappa shape index (κ3) is 1.95. The molecule has 0 unspecified atom stereocenters. The number of methoxy groups -OCH3 is 1. The average molecular weight is 335 g/mol. The Morgan fingerprint density at radius 2 is 2.20 bits per heavy atom. The van der Waals surface area contributed by atoms with Gasteiger partial charge in [0.2, 0.25) is 0 Å². The van der Waals surface area contributed by atoms with E-state index in [1.807, 2.05) is 6.07 Å². The van der Waals surface area contributed by atoms with Crippen LogP contribution in [0.25, 0.3) is 0 Å². The number of nitrogens with zero attached hydrogens (tertiary/aromatic N) is 1. The SMILES string of the molecule is COc1ccc2c(c1Br)CCN(Br)[C@@H]2C. The fourth-order valence-electron chi connectivity index (χ4n) is 1.98. The highest BCUT2D eigenvalue weighted by atomic mass is 79.9. The predicted octanol–water partition coefficient (Wildman–Crippen LogP) is 3.69. The average Bonchev–Trinajstić information content (AvgIpc) is 2.24. The molecule has 0 aliphatic carbocycles. The maximum absolute atomic E-state index is 5.30. The fraction of sp³-hybridized carbons (Fsp3) is 0.455. The van der Waals surface area contributed by atoms with Crippen LogP contribution in [0, 0.1) is 0 Å². The van der Waals surface area contributed by atoms with Gasteiger partial charge >= 0.3 is 0 Å². The third-order valence-electron chi connectivity index (χ3n) is 2.91. The second-order valence-electron chi connectivity index (χ2n) is 3.70. The smallest absolute Gasteiger partial charge is 0.133 e. The van der Waals surface area contributed by atoms with E-state index in [1.165, 1.54) is 11.1 Å². The lowest BCUT2D eigenvalue weighted by molar-refractivity contribution is 0.371. The summed E-state index contributed by atoms with van der Waals surface area (Å²) in [5.74, 6) is 0.920. The highest BCUT2D eigenvalue weighted by molar-refractivity contribution is 9.10. The molecule has 0 N–H and O–H groups in total. The van der Waals surface area contributed by atoms with Crippen LogP contribution in [-0.2, 0) is 6.42 Å². The van der Waals surface area contributed by atoms with Crippen LogP contribution >= 0.6 is 32.1 Å². The fourth-order valence-corrected chi connectivity index (χ4v) is 3.10. The molecule has 1 heterocycles. The van der Waals surface area contributed by atoms with Crippen LogP contribution in [0.1, 0.15) is 24.1 Å². The van der Waals surface area contributed by atoms with Gasteiger partial charge in [0.05, 0.1) is 11.6 Å². The first-order valence-corrected chi connectivity index (χ1v) is 6.43. The molecular weight excluding hydrogens is 322 g/mol. The van der Waals surface area contributed by atoms with Crippen molar-refractivity contribution < 1.29 is 4.74 Å². The van der Waals surface area contributed by atoms with Gasteiger partial charge in [0.25, 0.3) is 0 Å². The van der Waals surface area contributed by atoms with Gasteiger partial charge in [-0.15, -0.1) is 0 Å². The summed E-state index contributed by atoms with van der Waals surface area (Å²) in [5.41, 5.74) is 2.74. The van der Waals surface area contributed by atoms with E-state index >= 15 is 0 Å². The monoisotopic (exact) mass is 333 g/mol. The molecular formula is C11H13Br2NO. The van der Waals surface area contributed by atoms with Gasteiger partial charge in [-0.1, -0.05) is 6.07 Å². The molecule has 0 saturated carbocycles. The molecule has 82 valence electrons. The largest absolute Gasteiger partial charge is 0.496 e. The molecule has 0 radical (unpaired) electrons. The van der Waals surface area contributed by atoms with Crippen LogP contribution < -0.4 is 4.74 Å². The number of benzene rings is 1. The zero-order valence-electron chi connectivity index (χ0n) is 8.76. The van der Waals surface area contributed by atoms with Crippen molar-refractivity contribution in [3.05, 3.63) is 27.7 Å². The molecule has 1 aliphatic rings. The van der Waals surface area contributed by atoms with Gasteiger partial charge in [-0.05, 0) is 46.5 Å². The van der Waals surface area contributed by atoms with Gasteiger partial charge in [0, 0.05) is 28.7 Å². The first-order chi connectivity index (χ1) is 7.15. The summed E-state index contributed by atoms with van der Waals surface area (Å²) in [4.78, 5) is 0. The van der Waals surface area contributed by atoms with Crippen molar-refractivity contribution in [1.82, 2.24) is 3.93 Å². The van der Waals surface area contributed by atoms with E-state index in [2.05, 4.69) is 49.0 Å². The minimum atomic E-state index is 0.413. The Morgan fingerprint density at radius 1 is 1.47 bits per heavy atom. The zero-order valence-corrected chi connectivity index (χ0v) is 11.9. The molecule has 0 fully saturated rings. The van der Waals surface area contributed by atoms with Gasteiger partial charge in [0.1, 0.15) is 5.75 Å². The van der Waals surface area contributed by atoms with E-state index in [0.29, 0.717) is 6.04 Å². The molecule has 1 aliphatic heterocycles. The third-order valence-corrected chi connectivity index (χ3v) is 4.75. The second-order valence-corrected chi connectivity index (χ2v) is 5.40. The van der Waals surface area contributed by atoms with Crippen molar-refractivity contribution in [3.8, 4) is 5.75 Å². The van der Waals surface area contributed by atoms with Gasteiger partial charge in [-0.25, -0.2) is 3.93 Å². The Balaban J connectivity index is 2.50. The van der Waals surface area contributed by atoms with Gasteiger partial charge in [-0.2, -0.15) is 0 Å². The van der Waals surface area contributed by atoms with Crippen molar-refractivity contribution in [1.29, 1.82) is 0 Å². The van der Waals surface area contributed by atoms with Crippen molar-refractivity contribution in [2.75, 3.05) is 13.7 Å². The summed E-state index contributed by atoms with van der Waals surface area (Å²) in [7, 11) is 1.70. The molecule has 1 aromatic carbocycles. The van der Waals surface area contributed by atoms with E-state index < -0.39 is 0 Å². The van der Waals surface area contributed by atoms with E-state index in [1.54, 1.807) is 7.11 Å². The Morgan fingerprint density at radius 3 is 2.87 bits per heavy atom. The van der Waals surface area contributed by atoms with Crippen molar-refractivity contribution in [2.24, 2.45) is 0 Å². The number of halogens is 2. The second kappa shape index (κ2) is 4.44. The molecule has 15 heavy (non-hydrogen) atoms. The molecule has 2 nitrogen and oxygen atoms in total. The molecule has 0 spiro atoms. The normalized spacial score (nSPS) is 21.2. The van der Waals surface area contributed by atoms with Gasteiger partial charge < -0.3 is 4.74 Å². The first kappa shape index (κ1) is 11.4. The van der Waals surface area contributed by atoms with Crippen LogP contribution in [-0.4, -0.2) is 17.6 Å². The number of hydrogen-bond acceptors (Lipinski definition) is 2. The Bertz CT molecular complexity index is 381. The Kier molecular flexibility index (Phi) is 3.38. The molecule has 2 rings (SSSR count). The maximum atomic E-state index is 5.30. The maximum Gasteiger partial charge on any atom is 0.133 e.